The zero-order valence-electron chi connectivity index (χ0n) is 18.8. The summed E-state index contributed by atoms with van der Waals surface area (Å²) in [5, 5.41) is 9.34. The number of hydrogen-bond donors (Lipinski definition) is 1. The molecule has 3 saturated carbocycles. The lowest BCUT2D eigenvalue weighted by Gasteiger charge is -2.54. The zero-order valence-corrected chi connectivity index (χ0v) is 19.5. The Hall–Kier alpha value is -2.53. The van der Waals surface area contributed by atoms with E-state index in [-0.39, 0.29) is 5.91 Å². The molecule has 0 bridgehead atoms. The molecule has 1 spiro atoms. The van der Waals surface area contributed by atoms with Gasteiger partial charge in [-0.2, -0.15) is 5.10 Å². The largest absolute Gasteiger partial charge is 0.371 e. The van der Waals surface area contributed by atoms with Crippen molar-refractivity contribution in [2.75, 3.05) is 18.0 Å². The highest BCUT2D eigenvalue weighted by molar-refractivity contribution is 6.36. The fourth-order valence-corrected chi connectivity index (χ4v) is 6.70. The van der Waals surface area contributed by atoms with Gasteiger partial charge in [0.2, 0.25) is 0 Å². The number of benzene rings is 2. The molecule has 4 aliphatic rings. The zero-order chi connectivity index (χ0) is 22.2. The fourth-order valence-electron chi connectivity index (χ4n) is 6.50. The molecule has 1 aromatic heterocycles. The number of aromatic nitrogens is 2. The van der Waals surface area contributed by atoms with E-state index < -0.39 is 0 Å². The van der Waals surface area contributed by atoms with Crippen molar-refractivity contribution in [3.8, 4) is 0 Å². The molecule has 3 aliphatic carbocycles. The number of amides is 1. The number of fused-ring (bicyclic) bond motifs is 2. The second-order valence-electron chi connectivity index (χ2n) is 10.9. The summed E-state index contributed by atoms with van der Waals surface area (Å²) in [6.45, 7) is 3.02. The van der Waals surface area contributed by atoms with Crippen molar-refractivity contribution in [3.63, 3.8) is 0 Å². The molecule has 2 aromatic carbocycles. The van der Waals surface area contributed by atoms with Gasteiger partial charge in [0.05, 0.1) is 28.8 Å². The molecular formula is C27H29ClN4O. The van der Waals surface area contributed by atoms with Gasteiger partial charge in [0.15, 0.2) is 0 Å². The van der Waals surface area contributed by atoms with E-state index in [9.17, 15) is 4.79 Å². The number of nitrogens with zero attached hydrogens (tertiary/aromatic N) is 3. The molecule has 6 heteroatoms. The van der Waals surface area contributed by atoms with Crippen LogP contribution in [0.15, 0.2) is 42.6 Å². The van der Waals surface area contributed by atoms with E-state index in [1.165, 1.54) is 50.0 Å². The van der Waals surface area contributed by atoms with Crippen LogP contribution >= 0.6 is 11.6 Å². The number of piperidine rings is 1. The number of nitrogens with one attached hydrogen (secondary N) is 1. The average Bonchev–Trinajstić information content (AvgIpc) is 3.15. The Balaban J connectivity index is 1.12. The summed E-state index contributed by atoms with van der Waals surface area (Å²) in [6.07, 6.45) is 9.45. The number of carbonyl (C=O) groups excluding carboxylic acids is 1. The minimum absolute atomic E-state index is 0.0134. The van der Waals surface area contributed by atoms with Crippen LogP contribution in [0.5, 0.6) is 0 Å². The molecule has 4 fully saturated rings. The monoisotopic (exact) mass is 460 g/mol. The molecule has 33 heavy (non-hydrogen) atoms. The van der Waals surface area contributed by atoms with Gasteiger partial charge in [-0.3, -0.25) is 9.48 Å². The number of carbonyl (C=O) groups is 1. The first-order valence-corrected chi connectivity index (χ1v) is 12.7. The molecule has 1 aliphatic heterocycles. The van der Waals surface area contributed by atoms with Gasteiger partial charge < -0.3 is 10.2 Å². The van der Waals surface area contributed by atoms with E-state index in [0.717, 1.165) is 35.6 Å². The number of anilines is 1. The van der Waals surface area contributed by atoms with Gasteiger partial charge in [0.25, 0.3) is 5.91 Å². The van der Waals surface area contributed by atoms with E-state index in [1.54, 1.807) is 6.20 Å². The van der Waals surface area contributed by atoms with Gasteiger partial charge in [-0.25, -0.2) is 0 Å². The first kappa shape index (κ1) is 19.9. The maximum atomic E-state index is 13.2. The van der Waals surface area contributed by atoms with Crippen LogP contribution < -0.4 is 10.2 Å². The minimum atomic E-state index is -0.0134. The molecule has 2 atom stereocenters. The molecular weight excluding hydrogens is 432 g/mol. The summed E-state index contributed by atoms with van der Waals surface area (Å²) in [7, 11) is 0. The van der Waals surface area contributed by atoms with Crippen LogP contribution in [0.1, 0.15) is 54.4 Å². The predicted molar refractivity (Wildman–Crippen MR) is 131 cm³/mol. The molecule has 3 aromatic rings. The maximum absolute atomic E-state index is 13.2. The van der Waals surface area contributed by atoms with Crippen LogP contribution in [-0.2, 0) is 6.54 Å². The second-order valence-corrected chi connectivity index (χ2v) is 11.3. The van der Waals surface area contributed by atoms with E-state index in [4.69, 9.17) is 11.6 Å². The number of hydrogen-bond acceptors (Lipinski definition) is 3. The highest BCUT2D eigenvalue weighted by atomic mass is 35.5. The molecule has 7 rings (SSSR count). The van der Waals surface area contributed by atoms with Gasteiger partial charge in [-0.1, -0.05) is 30.2 Å². The Kier molecular flexibility index (Phi) is 4.36. The van der Waals surface area contributed by atoms with Crippen molar-refractivity contribution < 1.29 is 4.79 Å². The molecule has 1 saturated heterocycles. The summed E-state index contributed by atoms with van der Waals surface area (Å²) in [4.78, 5) is 15.7. The van der Waals surface area contributed by atoms with Gasteiger partial charge in [-0.15, -0.1) is 0 Å². The SMILES string of the molecule is O=C(NC1CC2(CCC2)C1)c1ccc(Cl)c2cnn(Cc3ccc(N4C[C@H]5C[C@H]5C4)cc3)c12. The molecule has 1 amide bonds. The topological polar surface area (TPSA) is 50.2 Å². The Morgan fingerprint density at radius 1 is 1.09 bits per heavy atom. The van der Waals surface area contributed by atoms with Crippen LogP contribution in [0.2, 0.25) is 5.02 Å². The van der Waals surface area contributed by atoms with Gasteiger partial charge in [0.1, 0.15) is 0 Å². The summed E-state index contributed by atoms with van der Waals surface area (Å²) >= 11 is 6.48. The van der Waals surface area contributed by atoms with Crippen LogP contribution in [0.4, 0.5) is 5.69 Å². The van der Waals surface area contributed by atoms with Gasteiger partial charge in [0, 0.05) is 30.2 Å². The van der Waals surface area contributed by atoms with Crippen molar-refractivity contribution in [3.05, 3.63) is 58.7 Å². The molecule has 170 valence electrons. The van der Waals surface area contributed by atoms with Crippen LogP contribution in [0.3, 0.4) is 0 Å². The summed E-state index contributed by atoms with van der Waals surface area (Å²) in [5.41, 5.74) is 4.50. The van der Waals surface area contributed by atoms with Crippen LogP contribution in [0.25, 0.3) is 10.9 Å². The van der Waals surface area contributed by atoms with Crippen molar-refractivity contribution >= 4 is 34.1 Å². The predicted octanol–water partition coefficient (Wildman–Crippen LogP) is 5.26. The smallest absolute Gasteiger partial charge is 0.253 e. The molecule has 5 nitrogen and oxygen atoms in total. The third kappa shape index (κ3) is 3.35. The number of rotatable bonds is 5. The Morgan fingerprint density at radius 3 is 2.55 bits per heavy atom. The van der Waals surface area contributed by atoms with E-state index >= 15 is 0 Å². The first-order chi connectivity index (χ1) is 16.1. The second kappa shape index (κ2) is 7.23. The quantitative estimate of drug-likeness (QED) is 0.565. The molecule has 0 unspecified atom stereocenters. The van der Waals surface area contributed by atoms with Crippen molar-refractivity contribution in [2.45, 2.75) is 51.1 Å². The summed E-state index contributed by atoms with van der Waals surface area (Å²) in [5.74, 6) is 1.84. The lowest BCUT2D eigenvalue weighted by molar-refractivity contribution is -0.000603. The lowest BCUT2D eigenvalue weighted by atomic mass is 9.54. The van der Waals surface area contributed by atoms with Crippen molar-refractivity contribution in [1.29, 1.82) is 0 Å². The Labute approximate surface area is 199 Å². The van der Waals surface area contributed by atoms with Gasteiger partial charge in [-0.05, 0) is 79.2 Å². The summed E-state index contributed by atoms with van der Waals surface area (Å²) in [6, 6.07) is 12.8. The molecule has 2 heterocycles. The Bertz CT molecular complexity index is 1230. The maximum Gasteiger partial charge on any atom is 0.253 e. The molecule has 0 radical (unpaired) electrons. The third-order valence-corrected chi connectivity index (χ3v) is 9.04. The van der Waals surface area contributed by atoms with Gasteiger partial charge >= 0.3 is 0 Å². The standard InChI is InChI=1S/C27H29ClN4O/c28-24-7-6-22(26(33)30-20-11-27(12-20)8-1-9-27)25-23(24)13-29-32(25)14-17-2-4-21(5-3-17)31-15-18-10-19(18)16-31/h2-7,13,18-20H,1,8-12,14-16H2,(H,30,33)/t18-,19+. The summed E-state index contributed by atoms with van der Waals surface area (Å²) < 4.78 is 1.92. The highest BCUT2D eigenvalue weighted by Crippen LogP contribution is 2.55. The van der Waals surface area contributed by atoms with Crippen LogP contribution in [-0.4, -0.2) is 34.8 Å². The Morgan fingerprint density at radius 2 is 1.85 bits per heavy atom. The normalized spacial score (nSPS) is 25.1. The minimum Gasteiger partial charge on any atom is -0.371 e. The van der Waals surface area contributed by atoms with E-state index in [2.05, 4.69) is 39.6 Å². The average molecular weight is 461 g/mol. The number of halogens is 1. The fraction of sp³-hybridized carbons (Fsp3) is 0.481. The molecule has 1 N–H and O–H groups in total. The van der Waals surface area contributed by atoms with Crippen molar-refractivity contribution in [1.82, 2.24) is 15.1 Å². The third-order valence-electron chi connectivity index (χ3n) is 8.71. The van der Waals surface area contributed by atoms with E-state index in [1.807, 2.05) is 16.8 Å². The highest BCUT2D eigenvalue weighted by Gasteiger charge is 2.48. The van der Waals surface area contributed by atoms with Crippen molar-refractivity contribution in [2.24, 2.45) is 17.3 Å². The lowest BCUT2D eigenvalue weighted by Crippen LogP contribution is -2.53. The van der Waals surface area contributed by atoms with Crippen LogP contribution in [0, 0.1) is 17.3 Å². The van der Waals surface area contributed by atoms with E-state index in [0.29, 0.717) is 28.6 Å². The first-order valence-electron chi connectivity index (χ1n) is 12.4.